The Kier molecular flexibility index (Phi) is 4.10. The lowest BCUT2D eigenvalue weighted by atomic mass is 9.90. The summed E-state index contributed by atoms with van der Waals surface area (Å²) in [7, 11) is 2.05. The quantitative estimate of drug-likeness (QED) is 0.859. The van der Waals surface area contributed by atoms with Crippen molar-refractivity contribution >= 4 is 0 Å². The van der Waals surface area contributed by atoms with Gasteiger partial charge in [-0.25, -0.2) is 0 Å². The van der Waals surface area contributed by atoms with Crippen molar-refractivity contribution in [2.45, 2.75) is 51.7 Å². The predicted molar refractivity (Wildman–Crippen MR) is 84.6 cm³/mol. The van der Waals surface area contributed by atoms with Gasteiger partial charge in [-0.05, 0) is 33.3 Å². The van der Waals surface area contributed by atoms with Crippen molar-refractivity contribution in [2.75, 3.05) is 26.3 Å². The van der Waals surface area contributed by atoms with Crippen LogP contribution in [0.1, 0.15) is 45.1 Å². The summed E-state index contributed by atoms with van der Waals surface area (Å²) in [6.45, 7) is 12.9. The molecule has 5 nitrogen and oxygen atoms in total. The van der Waals surface area contributed by atoms with E-state index in [4.69, 9.17) is 14.2 Å². The van der Waals surface area contributed by atoms with E-state index in [1.54, 1.807) is 0 Å². The molecule has 2 aliphatic rings. The average molecular weight is 308 g/mol. The minimum Gasteiger partial charge on any atom is -0.379 e. The van der Waals surface area contributed by atoms with Crippen molar-refractivity contribution in [1.82, 2.24) is 9.47 Å². The third kappa shape index (κ3) is 2.95. The molecule has 1 aromatic heterocycles. The van der Waals surface area contributed by atoms with E-state index < -0.39 is 0 Å². The minimum absolute atomic E-state index is 0.290. The van der Waals surface area contributed by atoms with E-state index in [1.165, 1.54) is 5.56 Å². The summed E-state index contributed by atoms with van der Waals surface area (Å²) in [5, 5.41) is 0. The lowest BCUT2D eigenvalue weighted by Gasteiger charge is -2.30. The van der Waals surface area contributed by atoms with Gasteiger partial charge in [-0.2, -0.15) is 0 Å². The molecule has 0 saturated carbocycles. The van der Waals surface area contributed by atoms with Crippen LogP contribution in [0, 0.1) is 0 Å². The largest absolute Gasteiger partial charge is 0.379 e. The molecule has 2 saturated heterocycles. The van der Waals surface area contributed by atoms with Crippen molar-refractivity contribution in [2.24, 2.45) is 7.05 Å². The van der Waals surface area contributed by atoms with Crippen LogP contribution < -0.4 is 0 Å². The highest BCUT2D eigenvalue weighted by molar-refractivity contribution is 5.27. The summed E-state index contributed by atoms with van der Waals surface area (Å²) in [6, 6.07) is 0. The first kappa shape index (κ1) is 16.0. The van der Waals surface area contributed by atoms with Crippen molar-refractivity contribution in [3.05, 3.63) is 23.5 Å². The summed E-state index contributed by atoms with van der Waals surface area (Å²) >= 11 is 0. The normalized spacial score (nSPS) is 25.7. The number of hydrogen-bond donors (Lipinski definition) is 0. The summed E-state index contributed by atoms with van der Waals surface area (Å²) in [5.74, 6) is 0. The van der Waals surface area contributed by atoms with Crippen LogP contribution >= 0.6 is 0 Å². The molecular weight excluding hydrogens is 280 g/mol. The highest BCUT2D eigenvalue weighted by Gasteiger charge is 2.50. The molecule has 2 aliphatic heterocycles. The van der Waals surface area contributed by atoms with Crippen molar-refractivity contribution < 1.29 is 14.2 Å². The monoisotopic (exact) mass is 308 g/mol. The number of ether oxygens (including phenoxy) is 3. The molecule has 0 aromatic carbocycles. The van der Waals surface area contributed by atoms with Gasteiger partial charge in [0.05, 0.1) is 24.4 Å². The van der Waals surface area contributed by atoms with Gasteiger partial charge >= 0.3 is 0 Å². The van der Waals surface area contributed by atoms with Crippen LogP contribution in [0.25, 0.3) is 0 Å². The molecule has 5 heteroatoms. The molecule has 0 radical (unpaired) electrons. The van der Waals surface area contributed by atoms with Crippen LogP contribution in [0.4, 0.5) is 0 Å². The van der Waals surface area contributed by atoms with Gasteiger partial charge in [0.2, 0.25) is 0 Å². The van der Waals surface area contributed by atoms with Crippen molar-refractivity contribution in [1.29, 1.82) is 0 Å². The van der Waals surface area contributed by atoms with Gasteiger partial charge in [-0.15, -0.1) is 0 Å². The maximum atomic E-state index is 6.21. The number of nitrogens with zero attached hydrogens (tertiary/aromatic N) is 2. The molecule has 124 valence electrons. The highest BCUT2D eigenvalue weighted by atomic mass is 16.7. The summed E-state index contributed by atoms with van der Waals surface area (Å²) in [6.07, 6.45) is 4.01. The number of morpholine rings is 1. The molecule has 3 rings (SSSR count). The van der Waals surface area contributed by atoms with Crippen LogP contribution in [0.5, 0.6) is 0 Å². The van der Waals surface area contributed by atoms with E-state index in [9.17, 15) is 0 Å². The summed E-state index contributed by atoms with van der Waals surface area (Å²) in [5.41, 5.74) is 1.82. The summed E-state index contributed by atoms with van der Waals surface area (Å²) < 4.78 is 20.0. The fourth-order valence-corrected chi connectivity index (χ4v) is 2.97. The van der Waals surface area contributed by atoms with Crippen LogP contribution in [-0.4, -0.2) is 47.0 Å². The third-order valence-corrected chi connectivity index (χ3v) is 5.08. The average Bonchev–Trinajstić information content (AvgIpc) is 2.88. The van der Waals surface area contributed by atoms with E-state index in [0.717, 1.165) is 38.4 Å². The van der Waals surface area contributed by atoms with E-state index in [2.05, 4.69) is 56.6 Å². The van der Waals surface area contributed by atoms with Crippen molar-refractivity contribution in [3.8, 4) is 0 Å². The lowest BCUT2D eigenvalue weighted by Crippen LogP contribution is -2.41. The first-order valence-corrected chi connectivity index (χ1v) is 8.09. The van der Waals surface area contributed by atoms with Crippen LogP contribution in [0.2, 0.25) is 0 Å². The standard InChI is InChI=1S/C17H28N2O3/c1-16(2)17(3,4)22-15(21-16)14-12-18(5)10-13(14)11-19-6-8-20-9-7-19/h10,12,15H,6-9,11H2,1-5H3. The number of aryl methyl sites for hydroxylation is 1. The second kappa shape index (κ2) is 5.64. The van der Waals surface area contributed by atoms with Gasteiger partial charge < -0.3 is 18.8 Å². The van der Waals surface area contributed by atoms with Crippen LogP contribution in [0.3, 0.4) is 0 Å². The fraction of sp³-hybridized carbons (Fsp3) is 0.765. The van der Waals surface area contributed by atoms with Gasteiger partial charge in [-0.1, -0.05) is 0 Å². The zero-order valence-electron chi connectivity index (χ0n) is 14.4. The second-order valence-corrected chi connectivity index (χ2v) is 7.38. The number of rotatable bonds is 3. The molecule has 1 aromatic rings. The fourth-order valence-electron chi connectivity index (χ4n) is 2.97. The maximum absolute atomic E-state index is 6.21. The molecular formula is C17H28N2O3. The lowest BCUT2D eigenvalue weighted by molar-refractivity contribution is -0.0903. The molecule has 0 spiro atoms. The first-order chi connectivity index (χ1) is 10.3. The highest BCUT2D eigenvalue weighted by Crippen LogP contribution is 2.45. The van der Waals surface area contributed by atoms with Gasteiger partial charge in [0.1, 0.15) is 0 Å². The predicted octanol–water partition coefficient (Wildman–Crippen LogP) is 2.46. The Morgan fingerprint density at radius 3 is 2.23 bits per heavy atom. The number of hydrogen-bond acceptors (Lipinski definition) is 4. The SMILES string of the molecule is Cn1cc(CN2CCOCC2)c(C2OC(C)(C)C(C)(C)O2)c1. The van der Waals surface area contributed by atoms with Gasteiger partial charge in [0.15, 0.2) is 6.29 Å². The molecule has 0 bridgehead atoms. The molecule has 0 unspecified atom stereocenters. The Bertz CT molecular complexity index is 514. The smallest absolute Gasteiger partial charge is 0.187 e. The Morgan fingerprint density at radius 2 is 1.64 bits per heavy atom. The van der Waals surface area contributed by atoms with Crippen molar-refractivity contribution in [3.63, 3.8) is 0 Å². The zero-order chi connectivity index (χ0) is 16.0. The maximum Gasteiger partial charge on any atom is 0.187 e. The second-order valence-electron chi connectivity index (χ2n) is 7.38. The first-order valence-electron chi connectivity index (χ1n) is 8.09. The van der Waals surface area contributed by atoms with E-state index >= 15 is 0 Å². The number of aromatic nitrogens is 1. The van der Waals surface area contributed by atoms with Gasteiger partial charge in [-0.3, -0.25) is 4.90 Å². The van der Waals surface area contributed by atoms with E-state index in [-0.39, 0.29) is 17.5 Å². The Hall–Kier alpha value is -0.880. The molecule has 0 aliphatic carbocycles. The van der Waals surface area contributed by atoms with E-state index in [1.807, 2.05) is 0 Å². The Labute approximate surface area is 133 Å². The summed E-state index contributed by atoms with van der Waals surface area (Å²) in [4.78, 5) is 2.42. The minimum atomic E-state index is -0.302. The topological polar surface area (TPSA) is 35.9 Å². The van der Waals surface area contributed by atoms with Crippen LogP contribution in [-0.2, 0) is 27.8 Å². The third-order valence-electron chi connectivity index (χ3n) is 5.08. The van der Waals surface area contributed by atoms with E-state index in [0.29, 0.717) is 0 Å². The molecule has 22 heavy (non-hydrogen) atoms. The Balaban J connectivity index is 1.80. The molecule has 0 atom stereocenters. The zero-order valence-corrected chi connectivity index (χ0v) is 14.4. The van der Waals surface area contributed by atoms with Gasteiger partial charge in [0.25, 0.3) is 0 Å². The Morgan fingerprint density at radius 1 is 1.05 bits per heavy atom. The molecule has 0 N–H and O–H groups in total. The van der Waals surface area contributed by atoms with Gasteiger partial charge in [0, 0.05) is 44.6 Å². The molecule has 3 heterocycles. The van der Waals surface area contributed by atoms with Crippen LogP contribution in [0.15, 0.2) is 12.4 Å². The molecule has 0 amide bonds. The molecule has 2 fully saturated rings.